The maximum absolute atomic E-state index is 15.0. The highest BCUT2D eigenvalue weighted by atomic mass is 32.2. The van der Waals surface area contributed by atoms with Crippen LogP contribution in [0.1, 0.15) is 117 Å². The average molecular weight is 844 g/mol. The molecule has 1 aromatic carbocycles. The van der Waals surface area contributed by atoms with Crippen LogP contribution >= 0.6 is 11.8 Å². The van der Waals surface area contributed by atoms with Crippen LogP contribution in [-0.2, 0) is 42.9 Å². The van der Waals surface area contributed by atoms with Crippen LogP contribution in [0, 0.1) is 16.7 Å². The molecule has 2 saturated carbocycles. The molecule has 0 aromatic heterocycles. The first kappa shape index (κ1) is 45.2. The number of aliphatic hydroxyl groups is 4. The Morgan fingerprint density at radius 2 is 1.54 bits per heavy atom. The van der Waals surface area contributed by atoms with Gasteiger partial charge in [-0.1, -0.05) is 63.4 Å². The summed E-state index contributed by atoms with van der Waals surface area (Å²) in [7, 11) is 0. The molecule has 59 heavy (non-hydrogen) atoms. The Kier molecular flexibility index (Phi) is 13.7. The number of carbonyl (C=O) groups is 5. The van der Waals surface area contributed by atoms with E-state index in [9.17, 15) is 44.4 Å². The number of carbonyl (C=O) groups excluding carboxylic acids is 5. The molecule has 326 valence electrons. The molecule has 0 unspecified atom stereocenters. The molecule has 1 aromatic rings. The molecule has 14 nitrogen and oxygen atoms in total. The third-order valence-corrected chi connectivity index (χ3v) is 15.0. The normalized spacial score (nSPS) is 39.1. The fourth-order valence-corrected chi connectivity index (χ4v) is 11.4. The number of esters is 3. The molecule has 4 fully saturated rings. The summed E-state index contributed by atoms with van der Waals surface area (Å²) < 4.78 is 24.3. The summed E-state index contributed by atoms with van der Waals surface area (Å²) in [4.78, 5) is 69.2. The molecule has 2 saturated heterocycles. The lowest BCUT2D eigenvalue weighted by atomic mass is 9.44. The lowest BCUT2D eigenvalue weighted by Gasteiger charge is -2.67. The Morgan fingerprint density at radius 3 is 2.20 bits per heavy atom. The summed E-state index contributed by atoms with van der Waals surface area (Å²) in [5.41, 5.74) is -6.78. The zero-order valence-corrected chi connectivity index (χ0v) is 35.6. The molecule has 2 aliphatic heterocycles. The fraction of sp³-hybridized carbons (Fsp3) is 0.705. The van der Waals surface area contributed by atoms with Gasteiger partial charge in [-0.05, 0) is 67.7 Å². The summed E-state index contributed by atoms with van der Waals surface area (Å²) in [6, 6.07) is 7.30. The molecule has 5 N–H and O–H groups in total. The van der Waals surface area contributed by atoms with E-state index in [1.165, 1.54) is 13.8 Å². The van der Waals surface area contributed by atoms with Crippen molar-refractivity contribution in [3.63, 3.8) is 0 Å². The highest BCUT2D eigenvalue weighted by Gasteiger charge is 2.78. The topological polar surface area (TPSA) is 215 Å². The first-order valence-corrected chi connectivity index (χ1v) is 22.2. The van der Waals surface area contributed by atoms with E-state index in [0.717, 1.165) is 37.2 Å². The van der Waals surface area contributed by atoms with Crippen LogP contribution in [-0.4, -0.2) is 116 Å². The number of hydrogen-bond donors (Lipinski definition) is 5. The van der Waals surface area contributed by atoms with Gasteiger partial charge >= 0.3 is 17.9 Å². The number of fused-ring (bicyclic) bond motifs is 6. The molecule has 0 radical (unpaired) electrons. The molecule has 2 heterocycles. The van der Waals surface area contributed by atoms with Gasteiger partial charge < -0.3 is 44.7 Å². The van der Waals surface area contributed by atoms with Crippen molar-refractivity contribution < 1.29 is 63.3 Å². The van der Waals surface area contributed by atoms with E-state index >= 15 is 0 Å². The molecule has 15 heteroatoms. The SMILES string of the molecule is CC(=O)O[C@@]12CO[C@@H]1C[C@H](O)[C@@]1(C)C(=O)[C@H](O)C3=C(C)[C@@H]4C[C@@](O)([C@@H](OC(=O)CCCCSCCCCCCCC(=O)N[C@@H](c5ccccc5)[C@@H](O)C(=O)O4)[C@H]21)C3(C)C. The van der Waals surface area contributed by atoms with Crippen LogP contribution in [0.3, 0.4) is 0 Å². The van der Waals surface area contributed by atoms with Crippen molar-refractivity contribution in [2.75, 3.05) is 18.1 Å². The first-order valence-electron chi connectivity index (χ1n) is 21.1. The standard InChI is InChI=1S/C44H61NO13S/c1-25-28-23-44(54)39(37-42(5,38(52)35(50)33(25)41(44,3)4)29(47)22-30-43(37,24-55-30)58-26(2)46)57-32(49)19-13-15-21-59-20-14-8-6-7-12-18-31(48)45-34(36(51)40(53)56-28)27-16-10-9-11-17-27/h9-11,16-17,28-30,34-37,39,47,50-51,54H,6-8,12-15,18-24H2,1-5H3,(H,45,48)/t28-,29-,30+,34-,35+,36+,37-,39-,42+,43-,44+/m0/s1. The number of ketones is 1. The van der Waals surface area contributed by atoms with E-state index in [-0.39, 0.29) is 42.9 Å². The minimum atomic E-state index is -2.26. The van der Waals surface area contributed by atoms with Crippen molar-refractivity contribution in [2.45, 2.75) is 159 Å². The highest BCUT2D eigenvalue weighted by Crippen LogP contribution is 2.64. The monoisotopic (exact) mass is 843 g/mol. The summed E-state index contributed by atoms with van der Waals surface area (Å²) >= 11 is 1.79. The van der Waals surface area contributed by atoms with E-state index in [1.54, 1.807) is 62.9 Å². The second kappa shape index (κ2) is 17.9. The van der Waals surface area contributed by atoms with Crippen LogP contribution in [0.2, 0.25) is 0 Å². The molecule has 5 aliphatic rings. The van der Waals surface area contributed by atoms with Gasteiger partial charge in [0.05, 0.1) is 30.1 Å². The van der Waals surface area contributed by atoms with Crippen LogP contribution < -0.4 is 5.32 Å². The maximum Gasteiger partial charge on any atom is 0.338 e. The molecule has 3 bridgehead atoms. The number of hydrogen-bond acceptors (Lipinski definition) is 14. The smallest absolute Gasteiger partial charge is 0.338 e. The molecule has 6 rings (SSSR count). The zero-order chi connectivity index (χ0) is 42.9. The van der Waals surface area contributed by atoms with Crippen LogP contribution in [0.5, 0.6) is 0 Å². The lowest BCUT2D eigenvalue weighted by Crippen LogP contribution is -2.81. The third-order valence-electron chi connectivity index (χ3n) is 13.8. The van der Waals surface area contributed by atoms with E-state index in [1.807, 2.05) is 0 Å². The van der Waals surface area contributed by atoms with Gasteiger partial charge in [0.15, 0.2) is 17.5 Å². The Balaban J connectivity index is 1.47. The van der Waals surface area contributed by atoms with Gasteiger partial charge in [0, 0.05) is 38.0 Å². The van der Waals surface area contributed by atoms with Crippen molar-refractivity contribution in [3.05, 3.63) is 47.0 Å². The average Bonchev–Trinajstić information content (AvgIpc) is 3.18. The zero-order valence-electron chi connectivity index (χ0n) is 34.8. The van der Waals surface area contributed by atoms with Gasteiger partial charge in [-0.3, -0.25) is 19.2 Å². The first-order chi connectivity index (χ1) is 27.9. The maximum atomic E-state index is 15.0. The predicted octanol–water partition coefficient (Wildman–Crippen LogP) is 3.80. The van der Waals surface area contributed by atoms with Crippen LogP contribution in [0.25, 0.3) is 0 Å². The second-order valence-electron chi connectivity index (χ2n) is 17.8. The molecule has 3 aliphatic carbocycles. The number of nitrogens with one attached hydrogen (secondary N) is 1. The van der Waals surface area contributed by atoms with E-state index in [0.29, 0.717) is 24.8 Å². The number of Topliss-reactive ketones (excluding diaryl/α,β-unsaturated/α-hetero) is 1. The molecule has 1 amide bonds. The quantitative estimate of drug-likeness (QED) is 0.163. The predicted molar refractivity (Wildman–Crippen MR) is 215 cm³/mol. The van der Waals surface area contributed by atoms with Gasteiger partial charge in [-0.25, -0.2) is 4.79 Å². The summed E-state index contributed by atoms with van der Waals surface area (Å²) in [6.45, 7) is 7.12. The molecular formula is C44H61NO13S. The van der Waals surface area contributed by atoms with Gasteiger partial charge in [-0.15, -0.1) is 0 Å². The molecule has 0 spiro atoms. The molecular weight excluding hydrogens is 783 g/mol. The second-order valence-corrected chi connectivity index (χ2v) is 19.0. The Hall–Kier alpha value is -3.34. The summed E-state index contributed by atoms with van der Waals surface area (Å²) in [6.07, 6.45) is -4.19. The van der Waals surface area contributed by atoms with Gasteiger partial charge in [0.1, 0.15) is 30.0 Å². The Bertz CT molecular complexity index is 1790. The van der Waals surface area contributed by atoms with Crippen molar-refractivity contribution in [1.82, 2.24) is 5.32 Å². The number of rotatable bonds is 2. The van der Waals surface area contributed by atoms with Crippen LogP contribution in [0.4, 0.5) is 0 Å². The number of aliphatic hydroxyl groups excluding tert-OH is 3. The van der Waals surface area contributed by atoms with Crippen molar-refractivity contribution in [3.8, 4) is 0 Å². The number of benzene rings is 1. The summed E-state index contributed by atoms with van der Waals surface area (Å²) in [5, 5.41) is 52.0. The van der Waals surface area contributed by atoms with E-state index in [2.05, 4.69) is 5.32 Å². The van der Waals surface area contributed by atoms with Gasteiger partial charge in [-0.2, -0.15) is 11.8 Å². The molecule has 11 atom stereocenters. The fourth-order valence-electron chi connectivity index (χ4n) is 10.4. The van der Waals surface area contributed by atoms with Crippen molar-refractivity contribution in [1.29, 1.82) is 0 Å². The lowest BCUT2D eigenvalue weighted by molar-refractivity contribution is -0.347. The Morgan fingerprint density at radius 1 is 0.898 bits per heavy atom. The van der Waals surface area contributed by atoms with E-state index in [4.69, 9.17) is 18.9 Å². The van der Waals surface area contributed by atoms with Crippen molar-refractivity contribution in [2.24, 2.45) is 16.7 Å². The van der Waals surface area contributed by atoms with E-state index < -0.39 is 101 Å². The number of amides is 1. The van der Waals surface area contributed by atoms with Gasteiger partial charge in [0.25, 0.3) is 0 Å². The Labute approximate surface area is 350 Å². The minimum absolute atomic E-state index is 0.00337. The third kappa shape index (κ3) is 8.36. The summed E-state index contributed by atoms with van der Waals surface area (Å²) in [5.74, 6) is -3.46. The highest BCUT2D eigenvalue weighted by molar-refractivity contribution is 7.99. The van der Waals surface area contributed by atoms with Gasteiger partial charge in [0.2, 0.25) is 5.91 Å². The number of ether oxygens (including phenoxy) is 4. The van der Waals surface area contributed by atoms with Crippen LogP contribution in [0.15, 0.2) is 41.5 Å². The largest absolute Gasteiger partial charge is 0.459 e. The number of thioether (sulfide) groups is 1. The minimum Gasteiger partial charge on any atom is -0.459 e. The van der Waals surface area contributed by atoms with Crippen molar-refractivity contribution >= 4 is 41.4 Å².